The Morgan fingerprint density at radius 1 is 1.32 bits per heavy atom. The van der Waals surface area contributed by atoms with Crippen LogP contribution in [-0.2, 0) is 9.53 Å². The average molecular weight is 360 g/mol. The van der Waals surface area contributed by atoms with Gasteiger partial charge in [-0.15, -0.1) is 5.10 Å². The lowest BCUT2D eigenvalue weighted by Crippen LogP contribution is -2.14. The SMILES string of the molecule is CCOc1ccc(-c2cc3c(=O)[nH]nc(SCC(=O)OC)n3n2)cc1. The van der Waals surface area contributed by atoms with Crippen molar-refractivity contribution in [3.63, 3.8) is 0 Å². The third kappa shape index (κ3) is 3.66. The van der Waals surface area contributed by atoms with Gasteiger partial charge in [0.1, 0.15) is 11.3 Å². The lowest BCUT2D eigenvalue weighted by atomic mass is 10.1. The molecule has 0 aliphatic carbocycles. The molecular weight excluding hydrogens is 344 g/mol. The second-order valence-electron chi connectivity index (χ2n) is 4.98. The highest BCUT2D eigenvalue weighted by Gasteiger charge is 2.14. The highest BCUT2D eigenvalue weighted by molar-refractivity contribution is 7.99. The third-order valence-corrected chi connectivity index (χ3v) is 4.29. The molecule has 2 heterocycles. The largest absolute Gasteiger partial charge is 0.494 e. The molecule has 0 atom stereocenters. The number of ether oxygens (including phenoxy) is 2. The van der Waals surface area contributed by atoms with Crippen molar-refractivity contribution < 1.29 is 14.3 Å². The summed E-state index contributed by atoms with van der Waals surface area (Å²) in [5, 5.41) is 11.2. The van der Waals surface area contributed by atoms with Crippen molar-refractivity contribution in [2.45, 2.75) is 12.1 Å². The Bertz CT molecular complexity index is 949. The average Bonchev–Trinajstić information content (AvgIpc) is 3.08. The maximum Gasteiger partial charge on any atom is 0.316 e. The Balaban J connectivity index is 1.96. The van der Waals surface area contributed by atoms with Gasteiger partial charge in [0.25, 0.3) is 5.56 Å². The normalized spacial score (nSPS) is 10.8. The van der Waals surface area contributed by atoms with Crippen LogP contribution in [0.5, 0.6) is 5.75 Å². The summed E-state index contributed by atoms with van der Waals surface area (Å²) in [6.45, 7) is 2.51. The topological polar surface area (TPSA) is 98.6 Å². The van der Waals surface area contributed by atoms with Crippen LogP contribution in [0.15, 0.2) is 40.3 Å². The lowest BCUT2D eigenvalue weighted by molar-refractivity contribution is -0.137. The fraction of sp³-hybridized carbons (Fsp3) is 0.250. The van der Waals surface area contributed by atoms with Gasteiger partial charge >= 0.3 is 5.97 Å². The van der Waals surface area contributed by atoms with Gasteiger partial charge < -0.3 is 9.47 Å². The van der Waals surface area contributed by atoms with Gasteiger partial charge in [0.2, 0.25) is 5.16 Å². The zero-order valence-electron chi connectivity index (χ0n) is 13.7. The molecule has 0 spiro atoms. The number of carbonyl (C=O) groups excluding carboxylic acids is 1. The van der Waals surface area contributed by atoms with E-state index in [0.29, 0.717) is 23.0 Å². The van der Waals surface area contributed by atoms with E-state index in [2.05, 4.69) is 20.0 Å². The molecule has 25 heavy (non-hydrogen) atoms. The van der Waals surface area contributed by atoms with E-state index in [1.807, 2.05) is 31.2 Å². The van der Waals surface area contributed by atoms with Crippen molar-refractivity contribution >= 4 is 23.2 Å². The fourth-order valence-corrected chi connectivity index (χ4v) is 2.93. The van der Waals surface area contributed by atoms with E-state index in [1.165, 1.54) is 11.6 Å². The number of fused-ring (bicyclic) bond motifs is 1. The molecule has 9 heteroatoms. The minimum Gasteiger partial charge on any atom is -0.494 e. The highest BCUT2D eigenvalue weighted by Crippen LogP contribution is 2.23. The molecule has 0 saturated carbocycles. The number of carbonyl (C=O) groups is 1. The summed E-state index contributed by atoms with van der Waals surface area (Å²) in [6, 6.07) is 9.11. The number of aromatic nitrogens is 4. The maximum absolute atomic E-state index is 12.0. The monoisotopic (exact) mass is 360 g/mol. The summed E-state index contributed by atoms with van der Waals surface area (Å²) in [6.07, 6.45) is 0. The van der Waals surface area contributed by atoms with Gasteiger partial charge in [0, 0.05) is 5.56 Å². The van der Waals surface area contributed by atoms with E-state index in [-0.39, 0.29) is 17.3 Å². The quantitative estimate of drug-likeness (QED) is 0.528. The molecule has 8 nitrogen and oxygen atoms in total. The molecule has 1 N–H and O–H groups in total. The van der Waals surface area contributed by atoms with E-state index >= 15 is 0 Å². The summed E-state index contributed by atoms with van der Waals surface area (Å²) < 4.78 is 11.5. The fourth-order valence-electron chi connectivity index (χ4n) is 2.20. The first-order valence-electron chi connectivity index (χ1n) is 7.53. The van der Waals surface area contributed by atoms with Gasteiger partial charge in [-0.3, -0.25) is 9.59 Å². The van der Waals surface area contributed by atoms with Crippen LogP contribution in [0, 0.1) is 0 Å². The smallest absolute Gasteiger partial charge is 0.316 e. The Hall–Kier alpha value is -2.81. The molecule has 0 radical (unpaired) electrons. The standard InChI is InChI=1S/C16H16N4O4S/c1-3-24-11-6-4-10(5-7-11)12-8-13-15(22)17-18-16(20(13)19-12)25-9-14(21)23-2/h4-8H,3,9H2,1-2H3,(H,17,22). The number of thioether (sulfide) groups is 1. The summed E-state index contributed by atoms with van der Waals surface area (Å²) in [4.78, 5) is 23.3. The number of benzene rings is 1. The third-order valence-electron chi connectivity index (χ3n) is 3.38. The maximum atomic E-state index is 12.0. The van der Waals surface area contributed by atoms with Gasteiger partial charge in [-0.2, -0.15) is 5.10 Å². The molecule has 0 aliphatic rings. The van der Waals surface area contributed by atoms with Crippen molar-refractivity contribution in [3.05, 3.63) is 40.7 Å². The molecule has 3 aromatic rings. The van der Waals surface area contributed by atoms with Gasteiger partial charge in [-0.05, 0) is 37.3 Å². The number of methoxy groups -OCH3 is 1. The Labute approximate surface area is 147 Å². The van der Waals surface area contributed by atoms with Gasteiger partial charge in [-0.25, -0.2) is 9.61 Å². The molecule has 2 aromatic heterocycles. The summed E-state index contributed by atoms with van der Waals surface area (Å²) in [5.74, 6) is 0.456. The summed E-state index contributed by atoms with van der Waals surface area (Å²) in [7, 11) is 1.32. The number of esters is 1. The number of aromatic amines is 1. The molecule has 3 rings (SSSR count). The molecule has 0 bridgehead atoms. The molecular formula is C16H16N4O4S. The first-order chi connectivity index (χ1) is 12.1. The molecule has 130 valence electrons. The number of nitrogens with one attached hydrogen (secondary N) is 1. The van der Waals surface area contributed by atoms with Crippen molar-refractivity contribution in [1.29, 1.82) is 0 Å². The molecule has 0 saturated heterocycles. The van der Waals surface area contributed by atoms with Crippen molar-refractivity contribution in [1.82, 2.24) is 19.8 Å². The summed E-state index contributed by atoms with van der Waals surface area (Å²) >= 11 is 1.13. The van der Waals surface area contributed by atoms with Crippen LogP contribution in [-0.4, -0.2) is 45.3 Å². The minimum absolute atomic E-state index is 0.0723. The van der Waals surface area contributed by atoms with Crippen LogP contribution in [0.3, 0.4) is 0 Å². The van der Waals surface area contributed by atoms with Crippen molar-refractivity contribution in [3.8, 4) is 17.0 Å². The molecule has 0 amide bonds. The van der Waals surface area contributed by atoms with Crippen LogP contribution in [0.1, 0.15) is 6.92 Å². The van der Waals surface area contributed by atoms with E-state index in [0.717, 1.165) is 23.1 Å². The van der Waals surface area contributed by atoms with E-state index in [1.54, 1.807) is 6.07 Å². The zero-order valence-corrected chi connectivity index (χ0v) is 14.5. The number of hydrogen-bond donors (Lipinski definition) is 1. The van der Waals surface area contributed by atoms with E-state index < -0.39 is 0 Å². The van der Waals surface area contributed by atoms with Crippen molar-refractivity contribution in [2.75, 3.05) is 19.5 Å². The van der Waals surface area contributed by atoms with Crippen LogP contribution in [0.25, 0.3) is 16.8 Å². The molecule has 0 unspecified atom stereocenters. The number of nitrogens with zero attached hydrogens (tertiary/aromatic N) is 3. The highest BCUT2D eigenvalue weighted by atomic mass is 32.2. The predicted molar refractivity (Wildman–Crippen MR) is 93.0 cm³/mol. The Morgan fingerprint density at radius 2 is 2.08 bits per heavy atom. The Morgan fingerprint density at radius 3 is 2.76 bits per heavy atom. The van der Waals surface area contributed by atoms with Gasteiger partial charge in [-0.1, -0.05) is 11.8 Å². The second-order valence-corrected chi connectivity index (χ2v) is 5.93. The minimum atomic E-state index is -0.384. The first kappa shape index (κ1) is 17.0. The van der Waals surface area contributed by atoms with Crippen LogP contribution >= 0.6 is 11.8 Å². The molecule has 1 aromatic carbocycles. The summed E-state index contributed by atoms with van der Waals surface area (Å²) in [5.41, 5.74) is 1.47. The van der Waals surface area contributed by atoms with E-state index in [4.69, 9.17) is 4.74 Å². The number of rotatable bonds is 6. The first-order valence-corrected chi connectivity index (χ1v) is 8.52. The van der Waals surface area contributed by atoms with Gasteiger partial charge in [0.15, 0.2) is 0 Å². The van der Waals surface area contributed by atoms with Crippen LogP contribution in [0.4, 0.5) is 0 Å². The zero-order chi connectivity index (χ0) is 17.8. The molecule has 0 fully saturated rings. The molecule has 0 aliphatic heterocycles. The number of hydrogen-bond acceptors (Lipinski definition) is 7. The second kappa shape index (κ2) is 7.39. The van der Waals surface area contributed by atoms with Crippen molar-refractivity contribution in [2.24, 2.45) is 0 Å². The van der Waals surface area contributed by atoms with E-state index in [9.17, 15) is 9.59 Å². The lowest BCUT2D eigenvalue weighted by Gasteiger charge is -2.03. The van der Waals surface area contributed by atoms with Crippen LogP contribution < -0.4 is 10.3 Å². The Kier molecular flexibility index (Phi) is 5.03. The predicted octanol–water partition coefficient (Wildman–Crippen LogP) is 1.75. The number of H-pyrrole nitrogens is 1. The van der Waals surface area contributed by atoms with Crippen LogP contribution in [0.2, 0.25) is 0 Å². The van der Waals surface area contributed by atoms with Gasteiger partial charge in [0.05, 0.1) is 25.2 Å².